The molecule has 0 saturated heterocycles. The highest BCUT2D eigenvalue weighted by atomic mass is 16.5. The molecule has 1 aromatic carbocycles. The number of hydrogen-bond acceptors (Lipinski definition) is 4. The van der Waals surface area contributed by atoms with Gasteiger partial charge in [-0.15, -0.1) is 0 Å². The first-order valence-corrected chi connectivity index (χ1v) is 6.82. The molecule has 2 aromatic rings. The van der Waals surface area contributed by atoms with E-state index in [4.69, 9.17) is 10.5 Å². The molecule has 0 aliphatic rings. The molecule has 114 valence electrons. The van der Waals surface area contributed by atoms with Crippen LogP contribution in [0.15, 0.2) is 36.5 Å². The van der Waals surface area contributed by atoms with E-state index in [9.17, 15) is 9.59 Å². The minimum Gasteiger partial charge on any atom is -0.478 e. The molecule has 2 rings (SSSR count). The molecule has 22 heavy (non-hydrogen) atoms. The van der Waals surface area contributed by atoms with Gasteiger partial charge in [-0.2, -0.15) is 0 Å². The summed E-state index contributed by atoms with van der Waals surface area (Å²) in [6.07, 6.45) is 1.44. The number of primary amides is 1. The van der Waals surface area contributed by atoms with Crippen molar-refractivity contribution in [3.63, 3.8) is 0 Å². The molecule has 6 heteroatoms. The number of anilines is 1. The van der Waals surface area contributed by atoms with Crippen LogP contribution in [-0.2, 0) is 0 Å². The normalized spacial score (nSPS) is 10.1. The molecule has 0 atom stereocenters. The highest BCUT2D eigenvalue weighted by Gasteiger charge is 2.12. The van der Waals surface area contributed by atoms with Crippen molar-refractivity contribution in [2.24, 2.45) is 5.73 Å². The summed E-state index contributed by atoms with van der Waals surface area (Å²) in [5.74, 6) is -0.387. The molecule has 0 unspecified atom stereocenters. The Labute approximate surface area is 128 Å². The number of amides is 2. The number of nitrogens with one attached hydrogen (secondary N) is 1. The first kappa shape index (κ1) is 15.5. The molecule has 0 aliphatic carbocycles. The van der Waals surface area contributed by atoms with Crippen LogP contribution in [0.1, 0.15) is 33.2 Å². The largest absolute Gasteiger partial charge is 0.478 e. The summed E-state index contributed by atoms with van der Waals surface area (Å²) in [5.41, 5.74) is 7.23. The van der Waals surface area contributed by atoms with Crippen LogP contribution in [0.3, 0.4) is 0 Å². The van der Waals surface area contributed by atoms with Gasteiger partial charge >= 0.3 is 0 Å². The fraction of sp³-hybridized carbons (Fsp3) is 0.188. The number of pyridine rings is 1. The Bertz CT molecular complexity index is 696. The van der Waals surface area contributed by atoms with E-state index in [1.165, 1.54) is 6.20 Å². The van der Waals surface area contributed by atoms with Crippen LogP contribution in [0, 0.1) is 6.92 Å². The third-order valence-electron chi connectivity index (χ3n) is 3.14. The first-order chi connectivity index (χ1) is 10.5. The van der Waals surface area contributed by atoms with E-state index < -0.39 is 5.91 Å². The van der Waals surface area contributed by atoms with Gasteiger partial charge in [0, 0.05) is 23.5 Å². The molecule has 3 N–H and O–H groups in total. The van der Waals surface area contributed by atoms with E-state index in [0.717, 1.165) is 0 Å². The Morgan fingerprint density at radius 1 is 1.27 bits per heavy atom. The maximum absolute atomic E-state index is 12.2. The summed E-state index contributed by atoms with van der Waals surface area (Å²) >= 11 is 0. The van der Waals surface area contributed by atoms with Crippen molar-refractivity contribution >= 4 is 17.5 Å². The number of aromatic nitrogens is 1. The summed E-state index contributed by atoms with van der Waals surface area (Å²) in [7, 11) is 0. The van der Waals surface area contributed by atoms with Crippen LogP contribution >= 0.6 is 0 Å². The zero-order valence-corrected chi connectivity index (χ0v) is 12.4. The maximum Gasteiger partial charge on any atom is 0.257 e. The van der Waals surface area contributed by atoms with Crippen LogP contribution in [0.4, 0.5) is 5.69 Å². The lowest BCUT2D eigenvalue weighted by Crippen LogP contribution is -2.17. The van der Waals surface area contributed by atoms with Gasteiger partial charge in [0.25, 0.3) is 5.91 Å². The smallest absolute Gasteiger partial charge is 0.257 e. The Kier molecular flexibility index (Phi) is 4.73. The van der Waals surface area contributed by atoms with Crippen LogP contribution < -0.4 is 15.8 Å². The van der Waals surface area contributed by atoms with Crippen LogP contribution in [-0.4, -0.2) is 23.4 Å². The van der Waals surface area contributed by atoms with Gasteiger partial charge in [0.2, 0.25) is 11.8 Å². The standard InChI is InChI=1S/C16H17N3O3/c1-3-22-14-8-7-11(9-18-14)16(21)19-13-6-4-5-12(10(13)2)15(17)20/h4-9H,3H2,1-2H3,(H2,17,20)(H,19,21). The predicted molar refractivity (Wildman–Crippen MR) is 83.1 cm³/mol. The first-order valence-electron chi connectivity index (χ1n) is 6.82. The fourth-order valence-corrected chi connectivity index (χ4v) is 1.98. The number of ether oxygens (including phenoxy) is 1. The second-order valence-electron chi connectivity index (χ2n) is 4.61. The highest BCUT2D eigenvalue weighted by Crippen LogP contribution is 2.19. The summed E-state index contributed by atoms with van der Waals surface area (Å²) in [5, 5.41) is 2.75. The molecule has 0 saturated carbocycles. The average molecular weight is 299 g/mol. The SMILES string of the molecule is CCOc1ccc(C(=O)Nc2cccc(C(N)=O)c2C)cn1. The molecule has 1 heterocycles. The van der Waals surface area contributed by atoms with Gasteiger partial charge in [-0.05, 0) is 37.6 Å². The molecule has 0 spiro atoms. The summed E-state index contributed by atoms with van der Waals surface area (Å²) in [6.45, 7) is 4.10. The minimum absolute atomic E-state index is 0.319. The molecule has 0 bridgehead atoms. The second kappa shape index (κ2) is 6.71. The molecular weight excluding hydrogens is 282 g/mol. The van der Waals surface area contributed by atoms with E-state index in [1.807, 2.05) is 6.92 Å². The van der Waals surface area contributed by atoms with Crippen molar-refractivity contribution in [3.8, 4) is 5.88 Å². The summed E-state index contributed by atoms with van der Waals surface area (Å²) in [4.78, 5) is 27.6. The zero-order valence-electron chi connectivity index (χ0n) is 12.4. The molecular formula is C16H17N3O3. The van der Waals surface area contributed by atoms with Crippen LogP contribution in [0.5, 0.6) is 5.88 Å². The van der Waals surface area contributed by atoms with Gasteiger partial charge in [0.1, 0.15) is 0 Å². The zero-order chi connectivity index (χ0) is 16.1. The number of nitrogens with two attached hydrogens (primary N) is 1. The number of rotatable bonds is 5. The molecule has 2 amide bonds. The summed E-state index contributed by atoms with van der Waals surface area (Å²) in [6, 6.07) is 8.25. The van der Waals surface area contributed by atoms with E-state index in [-0.39, 0.29) is 5.91 Å². The minimum atomic E-state index is -0.531. The maximum atomic E-state index is 12.2. The lowest BCUT2D eigenvalue weighted by molar-refractivity contribution is 0.0995. The lowest BCUT2D eigenvalue weighted by Gasteiger charge is -2.11. The molecule has 0 aliphatic heterocycles. The lowest BCUT2D eigenvalue weighted by atomic mass is 10.1. The predicted octanol–water partition coefficient (Wildman–Crippen LogP) is 2.14. The van der Waals surface area contributed by atoms with Gasteiger partial charge in [0.15, 0.2) is 0 Å². The van der Waals surface area contributed by atoms with E-state index in [0.29, 0.717) is 34.9 Å². The van der Waals surface area contributed by atoms with Gasteiger partial charge in [-0.1, -0.05) is 6.07 Å². The quantitative estimate of drug-likeness (QED) is 0.884. The van der Waals surface area contributed by atoms with Crippen LogP contribution in [0.2, 0.25) is 0 Å². The third kappa shape index (κ3) is 3.41. The number of benzene rings is 1. The van der Waals surface area contributed by atoms with Gasteiger partial charge < -0.3 is 15.8 Å². The number of hydrogen-bond donors (Lipinski definition) is 2. The van der Waals surface area contributed by atoms with Crippen LogP contribution in [0.25, 0.3) is 0 Å². The third-order valence-corrected chi connectivity index (χ3v) is 3.14. The van der Waals surface area contributed by atoms with Gasteiger partial charge in [-0.3, -0.25) is 9.59 Å². The fourth-order valence-electron chi connectivity index (χ4n) is 1.98. The van der Waals surface area contributed by atoms with E-state index >= 15 is 0 Å². The van der Waals surface area contributed by atoms with Gasteiger partial charge in [0.05, 0.1) is 12.2 Å². The van der Waals surface area contributed by atoms with Gasteiger partial charge in [-0.25, -0.2) is 4.98 Å². The van der Waals surface area contributed by atoms with E-state index in [1.54, 1.807) is 37.3 Å². The Morgan fingerprint density at radius 2 is 2.05 bits per heavy atom. The van der Waals surface area contributed by atoms with Crippen molar-refractivity contribution in [1.29, 1.82) is 0 Å². The van der Waals surface area contributed by atoms with Crippen molar-refractivity contribution in [2.45, 2.75) is 13.8 Å². The Hall–Kier alpha value is -2.89. The van der Waals surface area contributed by atoms with Crippen molar-refractivity contribution in [3.05, 3.63) is 53.2 Å². The van der Waals surface area contributed by atoms with Crippen molar-refractivity contribution < 1.29 is 14.3 Å². The molecule has 1 aromatic heterocycles. The number of carbonyl (C=O) groups excluding carboxylic acids is 2. The Morgan fingerprint density at radius 3 is 2.64 bits per heavy atom. The average Bonchev–Trinajstić information content (AvgIpc) is 2.50. The number of nitrogens with zero attached hydrogens (tertiary/aromatic N) is 1. The van der Waals surface area contributed by atoms with Crippen molar-refractivity contribution in [1.82, 2.24) is 4.98 Å². The molecule has 0 radical (unpaired) electrons. The number of carbonyl (C=O) groups is 2. The molecule has 0 fully saturated rings. The Balaban J connectivity index is 2.18. The monoisotopic (exact) mass is 299 g/mol. The second-order valence-corrected chi connectivity index (χ2v) is 4.61. The highest BCUT2D eigenvalue weighted by molar-refractivity contribution is 6.05. The molecule has 6 nitrogen and oxygen atoms in total. The summed E-state index contributed by atoms with van der Waals surface area (Å²) < 4.78 is 5.23. The van der Waals surface area contributed by atoms with Crippen molar-refractivity contribution in [2.75, 3.05) is 11.9 Å². The topological polar surface area (TPSA) is 94.3 Å². The van der Waals surface area contributed by atoms with E-state index in [2.05, 4.69) is 10.3 Å².